The first-order valence-electron chi connectivity index (χ1n) is 6.02. The molecule has 0 aliphatic carbocycles. The summed E-state index contributed by atoms with van der Waals surface area (Å²) in [5, 5.41) is 5.61. The molecule has 0 fully saturated rings. The third-order valence-electron chi connectivity index (χ3n) is 2.58. The molecule has 7 heteroatoms. The molecule has 0 radical (unpaired) electrons. The number of carbonyl (C=O) groups is 1. The van der Waals surface area contributed by atoms with Crippen molar-refractivity contribution in [3.05, 3.63) is 29.8 Å². The number of benzene rings is 1. The van der Waals surface area contributed by atoms with Crippen LogP contribution in [0.3, 0.4) is 0 Å². The van der Waals surface area contributed by atoms with Gasteiger partial charge in [-0.15, -0.1) is 12.4 Å². The first-order chi connectivity index (χ1) is 9.04. The van der Waals surface area contributed by atoms with Gasteiger partial charge in [-0.05, 0) is 20.0 Å². The van der Waals surface area contributed by atoms with Crippen LogP contribution in [0.25, 0.3) is 0 Å². The molecule has 0 aliphatic rings. The second-order valence-corrected chi connectivity index (χ2v) is 4.06. The molecule has 1 rings (SSSR count). The van der Waals surface area contributed by atoms with Gasteiger partial charge in [-0.1, -0.05) is 18.2 Å². The van der Waals surface area contributed by atoms with Crippen molar-refractivity contribution in [3.63, 3.8) is 0 Å². The number of para-hydroxylation sites is 1. The molecule has 0 heterocycles. The minimum atomic E-state index is -2.88. The summed E-state index contributed by atoms with van der Waals surface area (Å²) in [5.41, 5.74) is 0.528. The lowest BCUT2D eigenvalue weighted by Gasteiger charge is -2.18. The van der Waals surface area contributed by atoms with E-state index >= 15 is 0 Å². The maximum Gasteiger partial charge on any atom is 0.387 e. The summed E-state index contributed by atoms with van der Waals surface area (Å²) in [4.78, 5) is 11.6. The molecule has 0 saturated heterocycles. The van der Waals surface area contributed by atoms with Crippen molar-refractivity contribution in [2.45, 2.75) is 26.0 Å². The van der Waals surface area contributed by atoms with Gasteiger partial charge in [-0.3, -0.25) is 4.79 Å². The van der Waals surface area contributed by atoms with Crippen LogP contribution in [0.2, 0.25) is 0 Å². The predicted molar refractivity (Wildman–Crippen MR) is 75.4 cm³/mol. The quantitative estimate of drug-likeness (QED) is 0.814. The van der Waals surface area contributed by atoms with E-state index in [1.807, 2.05) is 0 Å². The van der Waals surface area contributed by atoms with Crippen molar-refractivity contribution >= 4 is 18.3 Å². The Hall–Kier alpha value is -1.40. The van der Waals surface area contributed by atoms with Gasteiger partial charge in [0.05, 0.1) is 6.04 Å². The van der Waals surface area contributed by atoms with Crippen LogP contribution in [-0.2, 0) is 4.79 Å². The van der Waals surface area contributed by atoms with Crippen molar-refractivity contribution in [2.75, 3.05) is 13.6 Å². The number of rotatable bonds is 7. The lowest BCUT2D eigenvalue weighted by atomic mass is 10.1. The van der Waals surface area contributed by atoms with Crippen molar-refractivity contribution in [1.29, 1.82) is 0 Å². The summed E-state index contributed by atoms with van der Waals surface area (Å²) >= 11 is 0. The molecule has 1 unspecified atom stereocenters. The van der Waals surface area contributed by atoms with Crippen molar-refractivity contribution < 1.29 is 18.3 Å². The van der Waals surface area contributed by atoms with E-state index in [4.69, 9.17) is 0 Å². The van der Waals surface area contributed by atoms with E-state index in [0.29, 0.717) is 18.5 Å². The molecule has 0 bridgehead atoms. The van der Waals surface area contributed by atoms with E-state index in [9.17, 15) is 13.6 Å². The summed E-state index contributed by atoms with van der Waals surface area (Å²) in [5.74, 6) is -0.0624. The van der Waals surface area contributed by atoms with E-state index in [1.54, 1.807) is 32.2 Å². The standard InChI is InChI=1S/C13H18F2N2O2.ClH/c1-9(17-12(18)7-8-16-2)10-5-3-4-6-11(10)19-13(14)15;/h3-6,9,13,16H,7-8H2,1-2H3,(H,17,18);1H. The molecule has 1 aromatic carbocycles. The molecule has 4 nitrogen and oxygen atoms in total. The van der Waals surface area contributed by atoms with Crippen molar-refractivity contribution in [2.24, 2.45) is 0 Å². The molecule has 2 N–H and O–H groups in total. The molecule has 0 spiro atoms. The van der Waals surface area contributed by atoms with Crippen LogP contribution in [0.15, 0.2) is 24.3 Å². The molecule has 1 amide bonds. The van der Waals surface area contributed by atoms with Crippen molar-refractivity contribution in [3.8, 4) is 5.75 Å². The van der Waals surface area contributed by atoms with Crippen LogP contribution < -0.4 is 15.4 Å². The van der Waals surface area contributed by atoms with E-state index in [2.05, 4.69) is 15.4 Å². The zero-order valence-electron chi connectivity index (χ0n) is 11.4. The minimum Gasteiger partial charge on any atom is -0.434 e. The topological polar surface area (TPSA) is 50.4 Å². The monoisotopic (exact) mass is 308 g/mol. The van der Waals surface area contributed by atoms with E-state index in [0.717, 1.165) is 0 Å². The molecule has 1 atom stereocenters. The fraction of sp³-hybridized carbons (Fsp3) is 0.462. The van der Waals surface area contributed by atoms with Gasteiger partial charge in [-0.2, -0.15) is 8.78 Å². The summed E-state index contributed by atoms with van der Waals surface area (Å²) < 4.78 is 29.0. The molecule has 20 heavy (non-hydrogen) atoms. The number of hydrogen-bond acceptors (Lipinski definition) is 3. The largest absolute Gasteiger partial charge is 0.434 e. The predicted octanol–water partition coefficient (Wildman–Crippen LogP) is 2.50. The van der Waals surface area contributed by atoms with E-state index in [-0.39, 0.29) is 30.1 Å². The number of nitrogens with one attached hydrogen (secondary N) is 2. The SMILES string of the molecule is CNCCC(=O)NC(C)c1ccccc1OC(F)F.Cl. The average molecular weight is 309 g/mol. The van der Waals surface area contributed by atoms with Crippen molar-refractivity contribution in [1.82, 2.24) is 10.6 Å². The molecule has 0 saturated carbocycles. The molecular weight excluding hydrogens is 290 g/mol. The first-order valence-corrected chi connectivity index (χ1v) is 6.02. The Bertz CT molecular complexity index is 419. The first kappa shape index (κ1) is 18.6. The number of ether oxygens (including phenoxy) is 1. The molecular formula is C13H19ClF2N2O2. The normalized spacial score (nSPS) is 11.7. The number of amides is 1. The lowest BCUT2D eigenvalue weighted by molar-refractivity contribution is -0.121. The van der Waals surface area contributed by atoms with Crippen LogP contribution in [0.4, 0.5) is 8.78 Å². The maximum atomic E-state index is 12.3. The Kier molecular flexibility index (Phi) is 8.83. The van der Waals surface area contributed by atoms with Crippen LogP contribution >= 0.6 is 12.4 Å². The highest BCUT2D eigenvalue weighted by Crippen LogP contribution is 2.26. The second kappa shape index (κ2) is 9.50. The van der Waals surface area contributed by atoms with E-state index in [1.165, 1.54) is 6.07 Å². The van der Waals surface area contributed by atoms with Gasteiger partial charge in [0.1, 0.15) is 5.75 Å². The Balaban J connectivity index is 0.00000361. The van der Waals surface area contributed by atoms with Gasteiger partial charge < -0.3 is 15.4 Å². The molecule has 1 aromatic rings. The van der Waals surface area contributed by atoms with Gasteiger partial charge >= 0.3 is 6.61 Å². The summed E-state index contributed by atoms with van der Waals surface area (Å²) in [7, 11) is 1.75. The van der Waals surface area contributed by atoms with Gasteiger partial charge in [0, 0.05) is 18.5 Å². The van der Waals surface area contributed by atoms with Crippen LogP contribution in [0.1, 0.15) is 24.9 Å². The minimum absolute atomic E-state index is 0. The van der Waals surface area contributed by atoms with Crippen LogP contribution in [0, 0.1) is 0 Å². The molecule has 114 valence electrons. The molecule has 0 aromatic heterocycles. The summed E-state index contributed by atoms with van der Waals surface area (Å²) in [6.45, 7) is -0.591. The Morgan fingerprint density at radius 3 is 2.60 bits per heavy atom. The zero-order valence-corrected chi connectivity index (χ0v) is 12.2. The summed E-state index contributed by atoms with van der Waals surface area (Å²) in [6, 6.07) is 6.04. The fourth-order valence-electron chi connectivity index (χ4n) is 1.67. The number of carbonyl (C=O) groups excluding carboxylic acids is 1. The molecule has 0 aliphatic heterocycles. The fourth-order valence-corrected chi connectivity index (χ4v) is 1.67. The third-order valence-corrected chi connectivity index (χ3v) is 2.58. The Morgan fingerprint density at radius 1 is 1.35 bits per heavy atom. The average Bonchev–Trinajstić information content (AvgIpc) is 2.36. The third kappa shape index (κ3) is 6.16. The lowest BCUT2D eigenvalue weighted by Crippen LogP contribution is -2.29. The van der Waals surface area contributed by atoms with Gasteiger partial charge in [0.25, 0.3) is 0 Å². The van der Waals surface area contributed by atoms with E-state index < -0.39 is 6.61 Å². The highest BCUT2D eigenvalue weighted by atomic mass is 35.5. The van der Waals surface area contributed by atoms with Crippen LogP contribution in [0.5, 0.6) is 5.75 Å². The second-order valence-electron chi connectivity index (χ2n) is 4.06. The van der Waals surface area contributed by atoms with Gasteiger partial charge in [-0.25, -0.2) is 0 Å². The Labute approximate surface area is 123 Å². The Morgan fingerprint density at radius 2 is 2.00 bits per heavy atom. The number of halogens is 3. The van der Waals surface area contributed by atoms with Gasteiger partial charge in [0.15, 0.2) is 0 Å². The highest BCUT2D eigenvalue weighted by Gasteiger charge is 2.15. The smallest absolute Gasteiger partial charge is 0.387 e. The number of hydrogen-bond donors (Lipinski definition) is 2. The summed E-state index contributed by atoms with van der Waals surface area (Å²) in [6.07, 6.45) is 0.332. The van der Waals surface area contributed by atoms with Gasteiger partial charge in [0.2, 0.25) is 5.91 Å². The number of alkyl halides is 2. The maximum absolute atomic E-state index is 12.3. The zero-order chi connectivity index (χ0) is 14.3. The highest BCUT2D eigenvalue weighted by molar-refractivity contribution is 5.85. The van der Waals surface area contributed by atoms with Crippen LogP contribution in [-0.4, -0.2) is 26.1 Å².